The number of aromatic nitrogens is 2. The SMILES string of the molecule is O=C1c2c(OCc3ccccc3)c(=O)ccn2N2CN1C/C=C/CCc1cc(F)c(F)cc1[C@H]2c1ccccn1. The van der Waals surface area contributed by atoms with Crippen molar-refractivity contribution in [3.05, 3.63) is 141 Å². The van der Waals surface area contributed by atoms with Crippen LogP contribution in [0.25, 0.3) is 0 Å². The summed E-state index contributed by atoms with van der Waals surface area (Å²) in [6.07, 6.45) is 7.99. The third-order valence-corrected chi connectivity index (χ3v) is 7.16. The number of rotatable bonds is 4. The Balaban J connectivity index is 1.56. The van der Waals surface area contributed by atoms with Crippen LogP contribution in [0.4, 0.5) is 8.78 Å². The second-order valence-corrected chi connectivity index (χ2v) is 9.72. The van der Waals surface area contributed by atoms with Crippen molar-refractivity contribution in [3.8, 4) is 5.75 Å². The third-order valence-electron chi connectivity index (χ3n) is 7.16. The van der Waals surface area contributed by atoms with Crippen LogP contribution in [0.3, 0.4) is 0 Å². The lowest BCUT2D eigenvalue weighted by atomic mass is 9.93. The van der Waals surface area contributed by atoms with Crippen LogP contribution in [-0.4, -0.2) is 33.7 Å². The molecule has 202 valence electrons. The van der Waals surface area contributed by atoms with E-state index < -0.39 is 23.1 Å². The normalized spacial score (nSPS) is 17.4. The lowest BCUT2D eigenvalue weighted by molar-refractivity contribution is 0.0697. The number of halogens is 2. The summed E-state index contributed by atoms with van der Waals surface area (Å²) >= 11 is 0. The maximum absolute atomic E-state index is 14.8. The molecule has 0 saturated heterocycles. The fraction of sp³-hybridized carbons (Fsp3) is 0.194. The molecule has 9 heteroatoms. The zero-order chi connectivity index (χ0) is 27.6. The van der Waals surface area contributed by atoms with Gasteiger partial charge in [-0.2, -0.15) is 0 Å². The molecule has 7 nitrogen and oxygen atoms in total. The Bertz CT molecular complexity index is 1640. The van der Waals surface area contributed by atoms with E-state index in [1.807, 2.05) is 59.6 Å². The zero-order valence-corrected chi connectivity index (χ0v) is 21.5. The second-order valence-electron chi connectivity index (χ2n) is 9.72. The van der Waals surface area contributed by atoms with E-state index in [1.165, 1.54) is 24.4 Å². The predicted octanol–water partition coefficient (Wildman–Crippen LogP) is 4.74. The van der Waals surface area contributed by atoms with E-state index in [2.05, 4.69) is 4.98 Å². The lowest BCUT2D eigenvalue weighted by Gasteiger charge is -2.43. The molecule has 40 heavy (non-hydrogen) atoms. The average molecular weight is 541 g/mol. The number of allylic oxidation sites excluding steroid dienone is 1. The maximum Gasteiger partial charge on any atom is 0.278 e. The summed E-state index contributed by atoms with van der Waals surface area (Å²) in [4.78, 5) is 33.1. The van der Waals surface area contributed by atoms with Crippen LogP contribution in [0, 0.1) is 11.6 Å². The highest BCUT2D eigenvalue weighted by molar-refractivity contribution is 5.96. The van der Waals surface area contributed by atoms with Crippen molar-refractivity contribution < 1.29 is 18.3 Å². The van der Waals surface area contributed by atoms with Gasteiger partial charge in [0.15, 0.2) is 23.1 Å². The van der Waals surface area contributed by atoms with Gasteiger partial charge in [0.05, 0.1) is 5.69 Å². The molecule has 0 aliphatic carbocycles. The van der Waals surface area contributed by atoms with Gasteiger partial charge in [-0.3, -0.25) is 24.3 Å². The number of benzene rings is 2. The van der Waals surface area contributed by atoms with Crippen molar-refractivity contribution >= 4 is 5.91 Å². The zero-order valence-electron chi connectivity index (χ0n) is 21.5. The van der Waals surface area contributed by atoms with Gasteiger partial charge in [-0.15, -0.1) is 0 Å². The van der Waals surface area contributed by atoms with E-state index in [0.29, 0.717) is 29.7 Å². The third kappa shape index (κ3) is 4.75. The summed E-state index contributed by atoms with van der Waals surface area (Å²) in [6, 6.07) is 17.8. The van der Waals surface area contributed by atoms with Gasteiger partial charge in [0.2, 0.25) is 5.43 Å². The number of ether oxygens (including phenoxy) is 1. The Hall–Kier alpha value is -4.79. The Morgan fingerprint density at radius 3 is 2.55 bits per heavy atom. The minimum atomic E-state index is -0.970. The first kappa shape index (κ1) is 25.5. The topological polar surface area (TPSA) is 67.7 Å². The largest absolute Gasteiger partial charge is 0.482 e. The Morgan fingerprint density at radius 2 is 1.75 bits per heavy atom. The van der Waals surface area contributed by atoms with Crippen LogP contribution in [0.1, 0.15) is 45.3 Å². The summed E-state index contributed by atoms with van der Waals surface area (Å²) in [5.74, 6) is -2.34. The first-order valence-electron chi connectivity index (χ1n) is 13.0. The first-order chi connectivity index (χ1) is 19.5. The van der Waals surface area contributed by atoms with Crippen molar-refractivity contribution in [1.29, 1.82) is 0 Å². The number of nitrogens with zero attached hydrogens (tertiary/aromatic N) is 4. The van der Waals surface area contributed by atoms with E-state index >= 15 is 0 Å². The Morgan fingerprint density at radius 1 is 0.950 bits per heavy atom. The number of aryl methyl sites for hydroxylation is 1. The van der Waals surface area contributed by atoms with Crippen molar-refractivity contribution in [3.63, 3.8) is 0 Å². The summed E-state index contributed by atoms with van der Waals surface area (Å²) in [7, 11) is 0. The molecule has 6 rings (SSSR count). The number of hydrogen-bond acceptors (Lipinski definition) is 5. The molecule has 4 heterocycles. The molecule has 2 aromatic carbocycles. The van der Waals surface area contributed by atoms with Crippen LogP contribution < -0.4 is 15.2 Å². The molecule has 1 atom stereocenters. The lowest BCUT2D eigenvalue weighted by Crippen LogP contribution is -2.55. The molecular weight excluding hydrogens is 514 g/mol. The minimum absolute atomic E-state index is 0.0624. The summed E-state index contributed by atoms with van der Waals surface area (Å²) in [5.41, 5.74) is 2.21. The van der Waals surface area contributed by atoms with Gasteiger partial charge in [0, 0.05) is 25.0 Å². The molecule has 2 aromatic heterocycles. The van der Waals surface area contributed by atoms with Gasteiger partial charge in [0.1, 0.15) is 19.3 Å². The molecule has 0 N–H and O–H groups in total. The average Bonchev–Trinajstić information content (AvgIpc) is 3.00. The second kappa shape index (κ2) is 10.8. The highest BCUT2D eigenvalue weighted by Crippen LogP contribution is 2.35. The Labute approximate surface area is 229 Å². The number of carbonyl (C=O) groups excluding carboxylic acids is 1. The number of fused-ring (bicyclic) bond motifs is 5. The molecule has 0 spiro atoms. The Kier molecular flexibility index (Phi) is 6.86. The molecule has 0 fully saturated rings. The van der Waals surface area contributed by atoms with Gasteiger partial charge in [-0.1, -0.05) is 48.6 Å². The molecule has 1 amide bonds. The van der Waals surface area contributed by atoms with Gasteiger partial charge in [0.25, 0.3) is 5.91 Å². The van der Waals surface area contributed by atoms with Crippen LogP contribution >= 0.6 is 0 Å². The van der Waals surface area contributed by atoms with Crippen molar-refractivity contribution in [2.45, 2.75) is 25.5 Å². The minimum Gasteiger partial charge on any atom is -0.482 e. The molecule has 2 bridgehead atoms. The van der Waals surface area contributed by atoms with Crippen LogP contribution in [0.15, 0.2) is 96.1 Å². The van der Waals surface area contributed by atoms with Crippen molar-refractivity contribution in [1.82, 2.24) is 14.6 Å². The van der Waals surface area contributed by atoms with E-state index in [9.17, 15) is 18.4 Å². The summed E-state index contributed by atoms with van der Waals surface area (Å²) < 4.78 is 36.8. The van der Waals surface area contributed by atoms with Crippen molar-refractivity contribution in [2.75, 3.05) is 18.2 Å². The molecule has 2 aliphatic rings. The highest BCUT2D eigenvalue weighted by Gasteiger charge is 2.38. The predicted molar refractivity (Wildman–Crippen MR) is 145 cm³/mol. The first-order valence-corrected chi connectivity index (χ1v) is 13.0. The van der Waals surface area contributed by atoms with Gasteiger partial charge in [-0.05, 0) is 53.8 Å². The molecular formula is C31H26F2N4O3. The quantitative estimate of drug-likeness (QED) is 0.350. The number of hydrogen-bond donors (Lipinski definition) is 0. The summed E-state index contributed by atoms with van der Waals surface area (Å²) in [6.45, 7) is 0.485. The molecule has 4 aromatic rings. The van der Waals surface area contributed by atoms with E-state index in [4.69, 9.17) is 4.74 Å². The molecule has 2 aliphatic heterocycles. The van der Waals surface area contributed by atoms with Crippen LogP contribution in [0.5, 0.6) is 5.75 Å². The number of amides is 1. The summed E-state index contributed by atoms with van der Waals surface area (Å²) in [5, 5.41) is 1.84. The van der Waals surface area contributed by atoms with Crippen LogP contribution in [0.2, 0.25) is 0 Å². The molecule has 0 radical (unpaired) electrons. The van der Waals surface area contributed by atoms with Crippen molar-refractivity contribution in [2.24, 2.45) is 0 Å². The highest BCUT2D eigenvalue weighted by atomic mass is 19.2. The number of carbonyl (C=O) groups is 1. The van der Waals surface area contributed by atoms with E-state index in [0.717, 1.165) is 5.56 Å². The monoisotopic (exact) mass is 540 g/mol. The van der Waals surface area contributed by atoms with E-state index in [-0.39, 0.29) is 37.2 Å². The van der Waals surface area contributed by atoms with Gasteiger partial charge < -0.3 is 9.64 Å². The fourth-order valence-corrected chi connectivity index (χ4v) is 5.23. The number of pyridine rings is 2. The van der Waals surface area contributed by atoms with Gasteiger partial charge >= 0.3 is 0 Å². The maximum atomic E-state index is 14.8. The van der Waals surface area contributed by atoms with E-state index in [1.54, 1.807) is 21.8 Å². The smallest absolute Gasteiger partial charge is 0.278 e. The van der Waals surface area contributed by atoms with Crippen LogP contribution in [-0.2, 0) is 13.0 Å². The fourth-order valence-electron chi connectivity index (χ4n) is 5.23. The standard InChI is InChI=1S/C31H26F2N4O3/c32-24-17-22-11-5-2-8-15-35-20-37(28(23(22)18-25(24)33)26-12-6-7-14-34-26)36-16-13-27(38)30(29(36)31(35)39)40-19-21-9-3-1-4-10-21/h1-4,6-10,12-14,16-18,28H,5,11,15,19-20H2/b8-2+/t28-/m0/s1. The molecule has 0 unspecified atom stereocenters. The molecule has 0 saturated carbocycles. The van der Waals surface area contributed by atoms with Gasteiger partial charge in [-0.25, -0.2) is 8.78 Å².